The summed E-state index contributed by atoms with van der Waals surface area (Å²) in [4.78, 5) is 22.3. The van der Waals surface area contributed by atoms with E-state index in [1.165, 1.54) is 64.2 Å². The van der Waals surface area contributed by atoms with E-state index in [1.807, 2.05) is 6.92 Å². The number of unbranched alkanes of at least 4 members (excludes halogenated alkanes) is 14. The minimum atomic E-state index is -0.673. The summed E-state index contributed by atoms with van der Waals surface area (Å²) >= 11 is 0. The lowest BCUT2D eigenvalue weighted by atomic mass is 10.0. The van der Waals surface area contributed by atoms with Gasteiger partial charge in [-0.25, -0.2) is 0 Å². The Kier molecular flexibility index (Phi) is 26.2. The minimum absolute atomic E-state index is 0.175. The van der Waals surface area contributed by atoms with Crippen LogP contribution >= 0.6 is 0 Å². The lowest BCUT2D eigenvalue weighted by molar-refractivity contribution is -0.137. The fraction of sp³-hybridized carbons (Fsp3) is 0.926. The van der Waals surface area contributed by atoms with E-state index in [4.69, 9.17) is 14.6 Å². The van der Waals surface area contributed by atoms with Crippen LogP contribution < -0.4 is 5.32 Å². The highest BCUT2D eigenvalue weighted by atomic mass is 16.5. The summed E-state index contributed by atoms with van der Waals surface area (Å²) < 4.78 is 10.9. The van der Waals surface area contributed by atoms with E-state index in [1.54, 1.807) is 0 Å². The number of carbonyl (C=O) groups excluding carboxylic acids is 1. The standard InChI is InChI=1S/C27H53NO5/c1-2-32-23-17-18-24-33-25-19-22-28-26(29)20-15-13-11-9-7-5-3-4-6-8-10-12-14-16-21-27(30)31/h2-25H2,1H3,(H,28,29)(H,30,31). The van der Waals surface area contributed by atoms with Crippen molar-refractivity contribution in [2.75, 3.05) is 33.0 Å². The lowest BCUT2D eigenvalue weighted by Crippen LogP contribution is -2.24. The number of amides is 1. The van der Waals surface area contributed by atoms with Gasteiger partial charge in [-0.2, -0.15) is 0 Å². The van der Waals surface area contributed by atoms with Crippen LogP contribution in [0.5, 0.6) is 0 Å². The van der Waals surface area contributed by atoms with Gasteiger partial charge in [-0.1, -0.05) is 77.0 Å². The number of hydrogen-bond acceptors (Lipinski definition) is 4. The van der Waals surface area contributed by atoms with E-state index < -0.39 is 5.97 Å². The van der Waals surface area contributed by atoms with Crippen molar-refractivity contribution < 1.29 is 24.2 Å². The summed E-state index contributed by atoms with van der Waals surface area (Å²) in [5, 5.41) is 11.6. The van der Waals surface area contributed by atoms with Gasteiger partial charge in [-0.05, 0) is 39.0 Å². The van der Waals surface area contributed by atoms with Gasteiger partial charge in [0.05, 0.1) is 0 Å². The van der Waals surface area contributed by atoms with Crippen LogP contribution in [-0.2, 0) is 19.1 Å². The van der Waals surface area contributed by atoms with Gasteiger partial charge in [0.25, 0.3) is 0 Å². The van der Waals surface area contributed by atoms with Crippen molar-refractivity contribution in [3.05, 3.63) is 0 Å². The molecule has 0 saturated carbocycles. The number of carboxylic acids is 1. The van der Waals surface area contributed by atoms with Crippen LogP contribution in [0.4, 0.5) is 0 Å². The van der Waals surface area contributed by atoms with E-state index in [9.17, 15) is 9.59 Å². The summed E-state index contributed by atoms with van der Waals surface area (Å²) in [6.07, 6.45) is 20.8. The predicted octanol–water partition coefficient (Wildman–Crippen LogP) is 6.65. The van der Waals surface area contributed by atoms with Crippen molar-refractivity contribution in [2.24, 2.45) is 0 Å². The summed E-state index contributed by atoms with van der Waals surface area (Å²) in [6, 6.07) is 0. The molecule has 0 aliphatic rings. The molecule has 6 nitrogen and oxygen atoms in total. The van der Waals surface area contributed by atoms with Gasteiger partial charge in [0.2, 0.25) is 5.91 Å². The molecule has 0 atom stereocenters. The van der Waals surface area contributed by atoms with Gasteiger partial charge >= 0.3 is 5.97 Å². The fourth-order valence-corrected chi connectivity index (χ4v) is 3.83. The number of hydrogen-bond donors (Lipinski definition) is 2. The Bertz CT molecular complexity index is 431. The summed E-state index contributed by atoms with van der Waals surface area (Å²) in [5.41, 5.74) is 0. The third-order valence-corrected chi connectivity index (χ3v) is 5.86. The van der Waals surface area contributed by atoms with E-state index in [0.29, 0.717) is 26.0 Å². The molecule has 0 saturated heterocycles. The van der Waals surface area contributed by atoms with Crippen LogP contribution in [0.25, 0.3) is 0 Å². The molecule has 0 aromatic heterocycles. The Hall–Kier alpha value is -1.14. The molecule has 33 heavy (non-hydrogen) atoms. The van der Waals surface area contributed by atoms with Gasteiger partial charge in [0, 0.05) is 45.8 Å². The first kappa shape index (κ1) is 31.9. The average Bonchev–Trinajstić information content (AvgIpc) is 2.79. The molecule has 0 bridgehead atoms. The van der Waals surface area contributed by atoms with Crippen molar-refractivity contribution >= 4 is 11.9 Å². The molecule has 0 fully saturated rings. The molecule has 0 rings (SSSR count). The molecule has 0 aliphatic carbocycles. The van der Waals surface area contributed by atoms with Crippen LogP contribution in [-0.4, -0.2) is 50.0 Å². The van der Waals surface area contributed by atoms with E-state index in [-0.39, 0.29) is 5.91 Å². The van der Waals surface area contributed by atoms with Gasteiger partial charge in [-0.15, -0.1) is 0 Å². The fourth-order valence-electron chi connectivity index (χ4n) is 3.83. The molecule has 196 valence electrons. The maximum absolute atomic E-state index is 11.9. The molecule has 0 unspecified atom stereocenters. The van der Waals surface area contributed by atoms with Crippen molar-refractivity contribution in [3.8, 4) is 0 Å². The molecule has 2 N–H and O–H groups in total. The molecule has 0 radical (unpaired) electrons. The molecule has 0 spiro atoms. The topological polar surface area (TPSA) is 84.9 Å². The number of rotatable bonds is 27. The Labute approximate surface area is 203 Å². The van der Waals surface area contributed by atoms with Crippen LogP contribution in [0.1, 0.15) is 129 Å². The SMILES string of the molecule is CCOCCCCOCCCNC(=O)CCCCCCCCCCCCCCCCC(=O)O. The van der Waals surface area contributed by atoms with Crippen LogP contribution in [0.15, 0.2) is 0 Å². The predicted molar refractivity (Wildman–Crippen MR) is 136 cm³/mol. The van der Waals surface area contributed by atoms with Crippen molar-refractivity contribution in [1.82, 2.24) is 5.32 Å². The minimum Gasteiger partial charge on any atom is -0.481 e. The number of aliphatic carboxylic acids is 1. The second-order valence-electron chi connectivity index (χ2n) is 9.06. The largest absolute Gasteiger partial charge is 0.481 e. The highest BCUT2D eigenvalue weighted by Crippen LogP contribution is 2.13. The average molecular weight is 472 g/mol. The number of carboxylic acid groups (broad SMARTS) is 1. The second kappa shape index (κ2) is 27.1. The summed E-state index contributed by atoms with van der Waals surface area (Å²) in [6.45, 7) is 5.81. The normalized spacial score (nSPS) is 11.1. The third-order valence-electron chi connectivity index (χ3n) is 5.86. The van der Waals surface area contributed by atoms with Crippen LogP contribution in [0.3, 0.4) is 0 Å². The quantitative estimate of drug-likeness (QED) is 0.131. The maximum atomic E-state index is 11.9. The molecule has 0 heterocycles. The van der Waals surface area contributed by atoms with E-state index in [2.05, 4.69) is 5.32 Å². The molecule has 0 aromatic carbocycles. The molecular formula is C27H53NO5. The van der Waals surface area contributed by atoms with Crippen molar-refractivity contribution in [2.45, 2.75) is 129 Å². The zero-order valence-electron chi connectivity index (χ0n) is 21.6. The Morgan fingerprint density at radius 1 is 0.576 bits per heavy atom. The first-order valence-corrected chi connectivity index (χ1v) is 13.8. The van der Waals surface area contributed by atoms with Crippen molar-refractivity contribution in [1.29, 1.82) is 0 Å². The molecule has 0 aromatic rings. The van der Waals surface area contributed by atoms with Crippen LogP contribution in [0.2, 0.25) is 0 Å². The second-order valence-corrected chi connectivity index (χ2v) is 9.06. The Balaban J connectivity index is 3.15. The highest BCUT2D eigenvalue weighted by molar-refractivity contribution is 5.75. The zero-order valence-corrected chi connectivity index (χ0v) is 21.6. The summed E-state index contributed by atoms with van der Waals surface area (Å²) in [5.74, 6) is -0.498. The first-order chi connectivity index (χ1) is 16.2. The van der Waals surface area contributed by atoms with Crippen LogP contribution in [0, 0.1) is 0 Å². The van der Waals surface area contributed by atoms with Crippen molar-refractivity contribution in [3.63, 3.8) is 0 Å². The smallest absolute Gasteiger partial charge is 0.303 e. The Morgan fingerprint density at radius 3 is 1.48 bits per heavy atom. The Morgan fingerprint density at radius 2 is 1.00 bits per heavy atom. The third kappa shape index (κ3) is 28.8. The lowest BCUT2D eigenvalue weighted by Gasteiger charge is -2.07. The zero-order chi connectivity index (χ0) is 24.2. The summed E-state index contributed by atoms with van der Waals surface area (Å²) in [7, 11) is 0. The number of ether oxygens (including phenoxy) is 2. The molecular weight excluding hydrogens is 418 g/mol. The van der Waals surface area contributed by atoms with Gasteiger partial charge in [-0.3, -0.25) is 9.59 Å². The molecule has 0 aliphatic heterocycles. The van der Waals surface area contributed by atoms with Gasteiger partial charge < -0.3 is 19.9 Å². The first-order valence-electron chi connectivity index (χ1n) is 13.8. The maximum Gasteiger partial charge on any atom is 0.303 e. The highest BCUT2D eigenvalue weighted by Gasteiger charge is 2.01. The van der Waals surface area contributed by atoms with E-state index in [0.717, 1.165) is 64.8 Å². The van der Waals surface area contributed by atoms with E-state index >= 15 is 0 Å². The number of carbonyl (C=O) groups is 2. The van der Waals surface area contributed by atoms with Gasteiger partial charge in [0.15, 0.2) is 0 Å². The monoisotopic (exact) mass is 471 g/mol. The molecule has 1 amide bonds. The number of nitrogens with one attached hydrogen (secondary N) is 1. The van der Waals surface area contributed by atoms with Gasteiger partial charge in [0.1, 0.15) is 0 Å². The molecule has 6 heteroatoms.